The van der Waals surface area contributed by atoms with Gasteiger partial charge in [0.2, 0.25) is 0 Å². The molecule has 0 aliphatic heterocycles. The fraction of sp³-hybridized carbons (Fsp3) is 0.429. The molecule has 0 fully saturated rings. The van der Waals surface area contributed by atoms with Crippen LogP contribution in [0.1, 0.15) is 32.3 Å². The fourth-order valence-electron chi connectivity index (χ4n) is 1.55. The number of halogens is 2. The number of hydrogen-bond acceptors (Lipinski definition) is 1. The lowest BCUT2D eigenvalue weighted by molar-refractivity contribution is 0.597. The summed E-state index contributed by atoms with van der Waals surface area (Å²) in [5.74, 6) is -0.789. The van der Waals surface area contributed by atoms with E-state index in [4.69, 9.17) is 0 Å². The summed E-state index contributed by atoms with van der Waals surface area (Å²) in [7, 11) is 0. The largest absolute Gasteiger partial charge is 0.313 e. The van der Waals surface area contributed by atoms with E-state index in [1.165, 1.54) is 6.07 Å². The van der Waals surface area contributed by atoms with Crippen LogP contribution >= 0.6 is 0 Å². The van der Waals surface area contributed by atoms with E-state index in [0.29, 0.717) is 5.56 Å². The minimum atomic E-state index is -0.408. The van der Waals surface area contributed by atoms with Crippen molar-refractivity contribution in [3.8, 4) is 0 Å². The first kappa shape index (κ1) is 13.8. The van der Waals surface area contributed by atoms with Crippen molar-refractivity contribution in [3.05, 3.63) is 41.0 Å². The molecule has 0 unspecified atom stereocenters. The van der Waals surface area contributed by atoms with E-state index in [9.17, 15) is 8.78 Å². The lowest BCUT2D eigenvalue weighted by Crippen LogP contribution is -2.17. The van der Waals surface area contributed by atoms with E-state index >= 15 is 0 Å². The minimum absolute atomic E-state index is 0.320. The van der Waals surface area contributed by atoms with Crippen molar-refractivity contribution >= 4 is 6.08 Å². The number of rotatable bonds is 6. The number of hydrogen-bond donors (Lipinski definition) is 1. The SMILES string of the molecule is CCCNCC(=Cc1cc(F)ccc1F)CC. The normalized spacial score (nSPS) is 11.9. The molecule has 0 aliphatic rings. The van der Waals surface area contributed by atoms with Crippen LogP contribution in [-0.4, -0.2) is 13.1 Å². The van der Waals surface area contributed by atoms with Crippen LogP contribution in [0.3, 0.4) is 0 Å². The third-order valence-corrected chi connectivity index (χ3v) is 2.55. The molecule has 0 spiro atoms. The Morgan fingerprint density at radius 3 is 2.71 bits per heavy atom. The van der Waals surface area contributed by atoms with Crippen LogP contribution in [-0.2, 0) is 0 Å². The molecule has 0 atom stereocenters. The summed E-state index contributed by atoms with van der Waals surface area (Å²) in [6.07, 6.45) is 3.61. The zero-order chi connectivity index (χ0) is 12.7. The number of nitrogens with one attached hydrogen (secondary N) is 1. The molecule has 0 bridgehead atoms. The summed E-state index contributed by atoms with van der Waals surface area (Å²) in [4.78, 5) is 0. The van der Waals surface area contributed by atoms with Crippen molar-refractivity contribution in [1.82, 2.24) is 5.32 Å². The Morgan fingerprint density at radius 2 is 2.06 bits per heavy atom. The summed E-state index contributed by atoms with van der Waals surface area (Å²) >= 11 is 0. The van der Waals surface area contributed by atoms with Crippen LogP contribution in [0.5, 0.6) is 0 Å². The molecule has 1 nitrogen and oxygen atoms in total. The van der Waals surface area contributed by atoms with Crippen molar-refractivity contribution < 1.29 is 8.78 Å². The first-order chi connectivity index (χ1) is 8.17. The van der Waals surface area contributed by atoms with Crippen molar-refractivity contribution in [1.29, 1.82) is 0 Å². The van der Waals surface area contributed by atoms with Crippen LogP contribution in [0.25, 0.3) is 6.08 Å². The van der Waals surface area contributed by atoms with Gasteiger partial charge < -0.3 is 5.32 Å². The van der Waals surface area contributed by atoms with E-state index in [1.54, 1.807) is 6.08 Å². The van der Waals surface area contributed by atoms with Gasteiger partial charge in [0.05, 0.1) is 0 Å². The standard InChI is InChI=1S/C14H19F2N/c1-3-7-17-10-11(4-2)8-12-9-13(15)5-6-14(12)16/h5-6,8-9,17H,3-4,7,10H2,1-2H3. The predicted molar refractivity (Wildman–Crippen MR) is 67.8 cm³/mol. The lowest BCUT2D eigenvalue weighted by atomic mass is 10.1. The highest BCUT2D eigenvalue weighted by Crippen LogP contribution is 2.14. The monoisotopic (exact) mass is 239 g/mol. The molecule has 1 N–H and O–H groups in total. The first-order valence-electron chi connectivity index (χ1n) is 6.02. The highest BCUT2D eigenvalue weighted by Gasteiger charge is 2.02. The molecule has 0 heterocycles. The molecule has 17 heavy (non-hydrogen) atoms. The molecule has 0 aliphatic carbocycles. The summed E-state index contributed by atoms with van der Waals surface area (Å²) in [6, 6.07) is 3.52. The second-order valence-corrected chi connectivity index (χ2v) is 4.00. The Morgan fingerprint density at radius 1 is 1.29 bits per heavy atom. The molecule has 0 amide bonds. The van der Waals surface area contributed by atoms with Gasteiger partial charge in [-0.15, -0.1) is 0 Å². The number of benzene rings is 1. The second-order valence-electron chi connectivity index (χ2n) is 4.00. The van der Waals surface area contributed by atoms with Crippen LogP contribution in [0.15, 0.2) is 23.8 Å². The van der Waals surface area contributed by atoms with Gasteiger partial charge in [0, 0.05) is 12.1 Å². The van der Waals surface area contributed by atoms with E-state index in [2.05, 4.69) is 12.2 Å². The minimum Gasteiger partial charge on any atom is -0.313 e. The Labute approximate surface area is 102 Å². The topological polar surface area (TPSA) is 12.0 Å². The molecule has 1 aromatic carbocycles. The van der Waals surface area contributed by atoms with Gasteiger partial charge in [0.1, 0.15) is 11.6 Å². The Balaban J connectivity index is 2.78. The average molecular weight is 239 g/mol. The molecule has 0 saturated carbocycles. The maximum atomic E-state index is 13.4. The van der Waals surface area contributed by atoms with Gasteiger partial charge in [-0.1, -0.05) is 25.5 Å². The lowest BCUT2D eigenvalue weighted by Gasteiger charge is -2.07. The van der Waals surface area contributed by atoms with Crippen LogP contribution < -0.4 is 5.32 Å². The molecular formula is C14H19F2N. The smallest absolute Gasteiger partial charge is 0.130 e. The fourth-order valence-corrected chi connectivity index (χ4v) is 1.55. The van der Waals surface area contributed by atoms with Gasteiger partial charge in [0.15, 0.2) is 0 Å². The van der Waals surface area contributed by atoms with E-state index < -0.39 is 5.82 Å². The Kier molecular flexibility index (Phi) is 5.84. The third kappa shape index (κ3) is 4.65. The predicted octanol–water partition coefficient (Wildman–Crippen LogP) is 3.76. The maximum Gasteiger partial charge on any atom is 0.130 e. The maximum absolute atomic E-state index is 13.4. The van der Waals surface area contributed by atoms with Gasteiger partial charge in [-0.2, -0.15) is 0 Å². The Hall–Kier alpha value is -1.22. The molecule has 1 aromatic rings. The zero-order valence-corrected chi connectivity index (χ0v) is 10.4. The van der Waals surface area contributed by atoms with Gasteiger partial charge in [-0.25, -0.2) is 8.78 Å². The molecule has 0 aromatic heterocycles. The quantitative estimate of drug-likeness (QED) is 0.745. The molecule has 0 radical (unpaired) electrons. The van der Waals surface area contributed by atoms with Gasteiger partial charge >= 0.3 is 0 Å². The van der Waals surface area contributed by atoms with Crippen molar-refractivity contribution in [2.75, 3.05) is 13.1 Å². The van der Waals surface area contributed by atoms with Crippen molar-refractivity contribution in [2.24, 2.45) is 0 Å². The zero-order valence-electron chi connectivity index (χ0n) is 10.4. The summed E-state index contributed by atoms with van der Waals surface area (Å²) in [5.41, 5.74) is 1.39. The molecule has 0 saturated heterocycles. The molecule has 3 heteroatoms. The van der Waals surface area contributed by atoms with E-state index in [0.717, 1.165) is 43.6 Å². The average Bonchev–Trinajstić information content (AvgIpc) is 2.32. The van der Waals surface area contributed by atoms with Gasteiger partial charge in [0.25, 0.3) is 0 Å². The summed E-state index contributed by atoms with van der Waals surface area (Å²) in [6.45, 7) is 5.76. The van der Waals surface area contributed by atoms with Gasteiger partial charge in [-0.3, -0.25) is 0 Å². The summed E-state index contributed by atoms with van der Waals surface area (Å²) in [5, 5.41) is 3.26. The van der Waals surface area contributed by atoms with Crippen molar-refractivity contribution in [2.45, 2.75) is 26.7 Å². The van der Waals surface area contributed by atoms with Gasteiger partial charge in [-0.05, 0) is 37.6 Å². The molecule has 94 valence electrons. The van der Waals surface area contributed by atoms with Crippen LogP contribution in [0.2, 0.25) is 0 Å². The van der Waals surface area contributed by atoms with E-state index in [-0.39, 0.29) is 5.82 Å². The summed E-state index contributed by atoms with van der Waals surface area (Å²) < 4.78 is 26.4. The highest BCUT2D eigenvalue weighted by molar-refractivity contribution is 5.53. The second kappa shape index (κ2) is 7.17. The Bertz CT molecular complexity index is 386. The van der Waals surface area contributed by atoms with Crippen molar-refractivity contribution in [3.63, 3.8) is 0 Å². The highest BCUT2D eigenvalue weighted by atomic mass is 19.1. The van der Waals surface area contributed by atoms with Crippen LogP contribution in [0.4, 0.5) is 8.78 Å². The third-order valence-electron chi connectivity index (χ3n) is 2.55. The first-order valence-corrected chi connectivity index (χ1v) is 6.02. The molecular weight excluding hydrogens is 220 g/mol. The van der Waals surface area contributed by atoms with Crippen LogP contribution in [0, 0.1) is 11.6 Å². The molecule has 1 rings (SSSR count). The van der Waals surface area contributed by atoms with E-state index in [1.807, 2.05) is 6.92 Å².